The van der Waals surface area contributed by atoms with E-state index in [0.29, 0.717) is 11.8 Å². The van der Waals surface area contributed by atoms with Crippen molar-refractivity contribution in [2.24, 2.45) is 0 Å². The highest BCUT2D eigenvalue weighted by molar-refractivity contribution is 7.17. The number of likely N-dealkylation sites (tertiary alicyclic amines) is 1. The molecule has 0 unspecified atom stereocenters. The summed E-state index contributed by atoms with van der Waals surface area (Å²) in [5.74, 6) is 3.17. The van der Waals surface area contributed by atoms with E-state index in [1.165, 1.54) is 34.4 Å². The predicted octanol–water partition coefficient (Wildman–Crippen LogP) is 4.53. The molecule has 6 rings (SSSR count). The van der Waals surface area contributed by atoms with E-state index in [1.807, 2.05) is 4.90 Å². The molecule has 6 heteroatoms. The molecule has 2 aromatic heterocycles. The summed E-state index contributed by atoms with van der Waals surface area (Å²) in [6, 6.07) is 10.7. The van der Waals surface area contributed by atoms with Gasteiger partial charge < -0.3 is 4.90 Å². The second-order valence-corrected chi connectivity index (χ2v) is 9.59. The smallest absolute Gasteiger partial charge is 0.263 e. The van der Waals surface area contributed by atoms with Gasteiger partial charge in [-0.05, 0) is 61.3 Å². The average Bonchev–Trinajstić information content (AvgIpc) is 3.33. The number of aromatic nitrogens is 3. The number of amides is 1. The number of aromatic amines is 1. The van der Waals surface area contributed by atoms with Crippen LogP contribution in [0.2, 0.25) is 0 Å². The second-order valence-electron chi connectivity index (χ2n) is 8.54. The van der Waals surface area contributed by atoms with Gasteiger partial charge in [-0.2, -0.15) is 5.10 Å². The van der Waals surface area contributed by atoms with Crippen molar-refractivity contribution in [3.05, 3.63) is 58.0 Å². The van der Waals surface area contributed by atoms with E-state index in [0.717, 1.165) is 55.3 Å². The van der Waals surface area contributed by atoms with Crippen LogP contribution >= 0.6 is 11.3 Å². The van der Waals surface area contributed by atoms with Crippen LogP contribution in [0.3, 0.4) is 0 Å². The summed E-state index contributed by atoms with van der Waals surface area (Å²) in [7, 11) is 0. The van der Waals surface area contributed by atoms with Crippen molar-refractivity contribution in [2.45, 2.75) is 50.4 Å². The van der Waals surface area contributed by atoms with Crippen LogP contribution in [0.4, 0.5) is 0 Å². The van der Waals surface area contributed by atoms with E-state index in [-0.39, 0.29) is 5.91 Å². The summed E-state index contributed by atoms with van der Waals surface area (Å²) in [6.07, 6.45) is 6.46. The molecule has 0 spiro atoms. The molecule has 3 aromatic rings. The minimum Gasteiger partial charge on any atom is -0.338 e. The normalized spacial score (nSPS) is 19.1. The second kappa shape index (κ2) is 6.80. The van der Waals surface area contributed by atoms with E-state index in [2.05, 4.69) is 40.5 Å². The van der Waals surface area contributed by atoms with E-state index in [4.69, 9.17) is 4.98 Å². The summed E-state index contributed by atoms with van der Waals surface area (Å²) in [5, 5.41) is 7.55. The number of benzene rings is 1. The number of carbonyl (C=O) groups excluding carboxylic acids is 1. The molecule has 0 radical (unpaired) electrons. The molecule has 148 valence electrons. The highest BCUT2D eigenvalue weighted by Gasteiger charge is 2.31. The maximum absolute atomic E-state index is 13.2. The average molecular weight is 405 g/mol. The lowest BCUT2D eigenvalue weighted by molar-refractivity contribution is 0.0716. The number of hydrogen-bond acceptors (Lipinski definition) is 4. The zero-order valence-electron chi connectivity index (χ0n) is 16.4. The highest BCUT2D eigenvalue weighted by atomic mass is 32.1. The van der Waals surface area contributed by atoms with Crippen LogP contribution in [-0.4, -0.2) is 39.1 Å². The number of carbonyl (C=O) groups is 1. The first-order chi connectivity index (χ1) is 14.3. The third kappa shape index (κ3) is 3.10. The summed E-state index contributed by atoms with van der Waals surface area (Å²) in [6.45, 7) is 1.59. The standard InChI is InChI=1S/C23H24N4OS/c28-23(19-13-17-8-5-14-3-1-2-4-18(14)20(17)29-19)27-11-9-16(10-12-27)22-24-21(25-26-22)15-6-7-15/h1-4,13,15-16H,5-12H2,(H,24,25,26). The van der Waals surface area contributed by atoms with Crippen molar-refractivity contribution in [1.82, 2.24) is 20.1 Å². The van der Waals surface area contributed by atoms with E-state index >= 15 is 0 Å². The number of fused-ring (bicyclic) bond motifs is 3. The fourth-order valence-electron chi connectivity index (χ4n) is 4.68. The quantitative estimate of drug-likeness (QED) is 0.698. The Morgan fingerprint density at radius 2 is 1.83 bits per heavy atom. The predicted molar refractivity (Wildman–Crippen MR) is 113 cm³/mol. The molecule has 1 saturated carbocycles. The Kier molecular flexibility index (Phi) is 4.08. The Morgan fingerprint density at radius 3 is 2.66 bits per heavy atom. The van der Waals surface area contributed by atoms with Crippen LogP contribution in [0.1, 0.15) is 70.0 Å². The minimum absolute atomic E-state index is 0.191. The van der Waals surface area contributed by atoms with Crippen LogP contribution < -0.4 is 0 Å². The first-order valence-electron chi connectivity index (χ1n) is 10.7. The van der Waals surface area contributed by atoms with Crippen molar-refractivity contribution in [1.29, 1.82) is 0 Å². The number of aryl methyl sites for hydroxylation is 2. The van der Waals surface area contributed by atoms with E-state index in [1.54, 1.807) is 11.3 Å². The van der Waals surface area contributed by atoms with Crippen molar-refractivity contribution in [2.75, 3.05) is 13.1 Å². The van der Waals surface area contributed by atoms with Crippen molar-refractivity contribution in [3.63, 3.8) is 0 Å². The first kappa shape index (κ1) is 17.4. The van der Waals surface area contributed by atoms with Gasteiger partial charge in [-0.1, -0.05) is 24.3 Å². The zero-order valence-corrected chi connectivity index (χ0v) is 17.2. The van der Waals surface area contributed by atoms with Crippen molar-refractivity contribution < 1.29 is 4.79 Å². The maximum Gasteiger partial charge on any atom is 0.263 e. The van der Waals surface area contributed by atoms with Gasteiger partial charge in [-0.25, -0.2) is 4.98 Å². The number of hydrogen-bond donors (Lipinski definition) is 1. The molecule has 0 atom stereocenters. The Hall–Kier alpha value is -2.47. The maximum atomic E-state index is 13.2. The van der Waals surface area contributed by atoms with Crippen molar-refractivity contribution >= 4 is 17.2 Å². The first-order valence-corrected chi connectivity index (χ1v) is 11.5. The van der Waals surface area contributed by atoms with Gasteiger partial charge in [0.25, 0.3) is 5.91 Å². The molecule has 1 saturated heterocycles. The topological polar surface area (TPSA) is 61.9 Å². The van der Waals surface area contributed by atoms with Crippen LogP contribution in [0.25, 0.3) is 10.4 Å². The molecule has 1 aromatic carbocycles. The van der Waals surface area contributed by atoms with Crippen LogP contribution in [0.15, 0.2) is 30.3 Å². The van der Waals surface area contributed by atoms with Gasteiger partial charge in [0, 0.05) is 29.8 Å². The van der Waals surface area contributed by atoms with Gasteiger partial charge in [-0.3, -0.25) is 9.89 Å². The summed E-state index contributed by atoms with van der Waals surface area (Å²) in [5.41, 5.74) is 4.05. The summed E-state index contributed by atoms with van der Waals surface area (Å²) < 4.78 is 0. The molecule has 0 bridgehead atoms. The van der Waals surface area contributed by atoms with Crippen molar-refractivity contribution in [3.8, 4) is 10.4 Å². The number of thiophene rings is 1. The molecule has 29 heavy (non-hydrogen) atoms. The lowest BCUT2D eigenvalue weighted by Crippen LogP contribution is -2.37. The Labute approximate surface area is 174 Å². The molecule has 1 amide bonds. The minimum atomic E-state index is 0.191. The largest absolute Gasteiger partial charge is 0.338 e. The van der Waals surface area contributed by atoms with E-state index < -0.39 is 0 Å². The molecular formula is C23H24N4OS. The molecule has 2 fully saturated rings. The van der Waals surface area contributed by atoms with Gasteiger partial charge in [-0.15, -0.1) is 11.3 Å². The fraction of sp³-hybridized carbons (Fsp3) is 0.435. The Balaban J connectivity index is 1.16. The van der Waals surface area contributed by atoms with Crippen LogP contribution in [0.5, 0.6) is 0 Å². The van der Waals surface area contributed by atoms with E-state index in [9.17, 15) is 4.79 Å². The molecule has 3 heterocycles. The summed E-state index contributed by atoms with van der Waals surface area (Å²) in [4.78, 5) is 22.1. The number of piperidine rings is 1. The molecule has 1 N–H and O–H groups in total. The third-order valence-electron chi connectivity index (χ3n) is 6.58. The molecule has 3 aliphatic rings. The number of nitrogens with zero attached hydrogens (tertiary/aromatic N) is 3. The SMILES string of the molecule is O=C(c1cc2c(s1)-c1ccccc1CC2)N1CCC(c2nc(C3CC3)n[nH]2)CC1. The number of nitrogens with one attached hydrogen (secondary N) is 1. The van der Waals surface area contributed by atoms with Crippen LogP contribution in [0, 0.1) is 0 Å². The Bertz CT molecular complexity index is 1070. The number of rotatable bonds is 3. The Morgan fingerprint density at radius 1 is 1.03 bits per heavy atom. The van der Waals surface area contributed by atoms with Gasteiger partial charge in [0.2, 0.25) is 0 Å². The molecular weight excluding hydrogens is 380 g/mol. The fourth-order valence-corrected chi connectivity index (χ4v) is 5.92. The van der Waals surface area contributed by atoms with Gasteiger partial charge in [0.15, 0.2) is 5.82 Å². The lowest BCUT2D eigenvalue weighted by Gasteiger charge is -2.30. The monoisotopic (exact) mass is 404 g/mol. The lowest BCUT2D eigenvalue weighted by atomic mass is 9.91. The van der Waals surface area contributed by atoms with Gasteiger partial charge in [0.1, 0.15) is 5.82 Å². The van der Waals surface area contributed by atoms with Crippen LogP contribution in [-0.2, 0) is 12.8 Å². The molecule has 5 nitrogen and oxygen atoms in total. The summed E-state index contributed by atoms with van der Waals surface area (Å²) >= 11 is 1.67. The third-order valence-corrected chi connectivity index (χ3v) is 7.78. The molecule has 1 aliphatic heterocycles. The van der Waals surface area contributed by atoms with Gasteiger partial charge >= 0.3 is 0 Å². The van der Waals surface area contributed by atoms with Gasteiger partial charge in [0.05, 0.1) is 4.88 Å². The zero-order chi connectivity index (χ0) is 19.4. The highest BCUT2D eigenvalue weighted by Crippen LogP contribution is 2.41. The number of H-pyrrole nitrogens is 1. The molecule has 2 aliphatic carbocycles.